The monoisotopic (exact) mass is 375 g/mol. The molecule has 0 amide bonds. The molecule has 5 heteroatoms. The molecular formula is C14H19FIN3. The minimum atomic E-state index is -0.217. The number of fused-ring (bicyclic) bond motifs is 1. The average molecular weight is 375 g/mol. The van der Waals surface area contributed by atoms with Crippen LogP contribution in [-0.2, 0) is 0 Å². The minimum Gasteiger partial charge on any atom is -0.369 e. The summed E-state index contributed by atoms with van der Waals surface area (Å²) in [5, 5.41) is 0. The predicted octanol–water partition coefficient (Wildman–Crippen LogP) is 4.36. The van der Waals surface area contributed by atoms with Crippen LogP contribution in [0.2, 0.25) is 0 Å². The molecule has 0 spiro atoms. The minimum absolute atomic E-state index is 0.217. The normalized spacial score (nSPS) is 13.4. The van der Waals surface area contributed by atoms with Crippen molar-refractivity contribution >= 4 is 39.6 Å². The number of rotatable bonds is 4. The summed E-state index contributed by atoms with van der Waals surface area (Å²) < 4.78 is 16.2. The topological polar surface area (TPSA) is 43.8 Å². The van der Waals surface area contributed by atoms with Gasteiger partial charge in [-0.1, -0.05) is 13.8 Å². The van der Waals surface area contributed by atoms with Crippen molar-refractivity contribution in [3.05, 3.63) is 21.5 Å². The molecule has 0 bridgehead atoms. The Labute approximate surface area is 126 Å². The zero-order valence-electron chi connectivity index (χ0n) is 11.5. The summed E-state index contributed by atoms with van der Waals surface area (Å²) in [4.78, 5) is 4.33. The van der Waals surface area contributed by atoms with Crippen molar-refractivity contribution in [1.29, 1.82) is 0 Å². The van der Waals surface area contributed by atoms with Gasteiger partial charge in [-0.25, -0.2) is 9.37 Å². The number of anilines is 1. The molecule has 1 heterocycles. The number of hydrogen-bond acceptors (Lipinski definition) is 2. The second-order valence-corrected chi connectivity index (χ2v) is 6.58. The van der Waals surface area contributed by atoms with E-state index in [2.05, 4.69) is 25.8 Å². The van der Waals surface area contributed by atoms with Gasteiger partial charge in [-0.05, 0) is 54.3 Å². The zero-order chi connectivity index (χ0) is 14.2. The van der Waals surface area contributed by atoms with Crippen LogP contribution in [0.25, 0.3) is 11.0 Å². The lowest BCUT2D eigenvalue weighted by atomic mass is 10.0. The van der Waals surface area contributed by atoms with E-state index in [-0.39, 0.29) is 11.9 Å². The number of halogens is 2. The van der Waals surface area contributed by atoms with Gasteiger partial charge in [0.05, 0.1) is 14.6 Å². The maximum absolute atomic E-state index is 13.7. The molecule has 0 aliphatic heterocycles. The van der Waals surface area contributed by atoms with Crippen molar-refractivity contribution < 1.29 is 4.39 Å². The van der Waals surface area contributed by atoms with Gasteiger partial charge in [-0.2, -0.15) is 0 Å². The van der Waals surface area contributed by atoms with E-state index >= 15 is 0 Å². The van der Waals surface area contributed by atoms with E-state index < -0.39 is 0 Å². The molecule has 1 atom stereocenters. The number of aromatic nitrogens is 2. The summed E-state index contributed by atoms with van der Waals surface area (Å²) in [6.07, 6.45) is 2.13. The number of hydrogen-bond donors (Lipinski definition) is 1. The van der Waals surface area contributed by atoms with Crippen LogP contribution in [0.1, 0.15) is 39.7 Å². The van der Waals surface area contributed by atoms with Gasteiger partial charge in [0.15, 0.2) is 0 Å². The van der Waals surface area contributed by atoms with E-state index in [0.29, 0.717) is 15.4 Å². The van der Waals surface area contributed by atoms with Gasteiger partial charge in [0.2, 0.25) is 5.95 Å². The Kier molecular flexibility index (Phi) is 4.32. The molecule has 1 aromatic heterocycles. The molecule has 0 saturated heterocycles. The van der Waals surface area contributed by atoms with Gasteiger partial charge in [0, 0.05) is 12.1 Å². The Balaban J connectivity index is 2.42. The SMILES string of the molecule is CC(C)CCC(C)n1c(N)nc2cc(I)c(F)cc21. The Morgan fingerprint density at radius 3 is 2.63 bits per heavy atom. The molecule has 0 aliphatic carbocycles. The summed E-state index contributed by atoms with van der Waals surface area (Å²) in [5.74, 6) is 0.897. The van der Waals surface area contributed by atoms with E-state index in [9.17, 15) is 4.39 Å². The van der Waals surface area contributed by atoms with E-state index in [1.54, 1.807) is 6.07 Å². The van der Waals surface area contributed by atoms with Crippen molar-refractivity contribution in [2.75, 3.05) is 5.73 Å². The van der Waals surface area contributed by atoms with Crippen LogP contribution in [0, 0.1) is 15.3 Å². The highest BCUT2D eigenvalue weighted by Gasteiger charge is 2.16. The molecule has 2 aromatic rings. The molecule has 104 valence electrons. The summed E-state index contributed by atoms with van der Waals surface area (Å²) >= 11 is 1.97. The van der Waals surface area contributed by atoms with E-state index in [1.165, 1.54) is 6.07 Å². The Morgan fingerprint density at radius 1 is 1.32 bits per heavy atom. The smallest absolute Gasteiger partial charge is 0.201 e. The van der Waals surface area contributed by atoms with E-state index in [1.807, 2.05) is 27.2 Å². The zero-order valence-corrected chi connectivity index (χ0v) is 13.6. The second kappa shape index (κ2) is 5.64. The van der Waals surface area contributed by atoms with Crippen LogP contribution in [0.3, 0.4) is 0 Å². The summed E-state index contributed by atoms with van der Waals surface area (Å²) in [5.41, 5.74) is 7.54. The third kappa shape index (κ3) is 3.01. The van der Waals surface area contributed by atoms with Crippen molar-refractivity contribution in [2.24, 2.45) is 5.92 Å². The van der Waals surface area contributed by atoms with Gasteiger partial charge < -0.3 is 10.3 Å². The quantitative estimate of drug-likeness (QED) is 0.807. The Bertz CT molecular complexity index is 592. The van der Waals surface area contributed by atoms with Crippen LogP contribution in [0.4, 0.5) is 10.3 Å². The number of nitrogens with zero attached hydrogens (tertiary/aromatic N) is 2. The maximum atomic E-state index is 13.7. The first-order valence-electron chi connectivity index (χ1n) is 6.52. The van der Waals surface area contributed by atoms with Crippen LogP contribution in [-0.4, -0.2) is 9.55 Å². The van der Waals surface area contributed by atoms with Crippen LogP contribution < -0.4 is 5.73 Å². The lowest BCUT2D eigenvalue weighted by Crippen LogP contribution is -2.10. The Morgan fingerprint density at radius 2 is 2.00 bits per heavy atom. The number of nitrogens with two attached hydrogens (primary N) is 1. The third-order valence-corrected chi connectivity index (χ3v) is 4.19. The molecule has 19 heavy (non-hydrogen) atoms. The van der Waals surface area contributed by atoms with Crippen LogP contribution >= 0.6 is 22.6 Å². The summed E-state index contributed by atoms with van der Waals surface area (Å²) in [6, 6.07) is 3.51. The molecule has 2 N–H and O–H groups in total. The number of imidazole rings is 1. The second-order valence-electron chi connectivity index (χ2n) is 5.42. The van der Waals surface area contributed by atoms with Gasteiger partial charge in [0.25, 0.3) is 0 Å². The van der Waals surface area contributed by atoms with Gasteiger partial charge in [0.1, 0.15) is 5.82 Å². The molecule has 0 fully saturated rings. The molecule has 0 radical (unpaired) electrons. The van der Waals surface area contributed by atoms with Crippen LogP contribution in [0.15, 0.2) is 12.1 Å². The highest BCUT2D eigenvalue weighted by atomic mass is 127. The van der Waals surface area contributed by atoms with Gasteiger partial charge in [-0.3, -0.25) is 0 Å². The average Bonchev–Trinajstić information content (AvgIpc) is 2.62. The largest absolute Gasteiger partial charge is 0.369 e. The first kappa shape index (κ1) is 14.6. The van der Waals surface area contributed by atoms with E-state index in [4.69, 9.17) is 5.73 Å². The molecule has 0 aliphatic rings. The van der Waals surface area contributed by atoms with Crippen LogP contribution in [0.5, 0.6) is 0 Å². The molecule has 1 aromatic carbocycles. The number of benzene rings is 1. The Hall–Kier alpha value is -0.850. The lowest BCUT2D eigenvalue weighted by molar-refractivity contribution is 0.449. The third-order valence-electron chi connectivity index (χ3n) is 3.36. The number of nitrogen functional groups attached to an aromatic ring is 1. The fraction of sp³-hybridized carbons (Fsp3) is 0.500. The predicted molar refractivity (Wildman–Crippen MR) is 85.6 cm³/mol. The van der Waals surface area contributed by atoms with Crippen molar-refractivity contribution in [1.82, 2.24) is 9.55 Å². The first-order chi connectivity index (χ1) is 8.90. The molecular weight excluding hydrogens is 356 g/mol. The standard InChI is InChI=1S/C14H19FIN3/c1-8(2)4-5-9(3)19-13-6-10(15)11(16)7-12(13)18-14(19)17/h6-9H,4-5H2,1-3H3,(H2,17,18). The lowest BCUT2D eigenvalue weighted by Gasteiger charge is -2.17. The molecule has 2 rings (SSSR count). The fourth-order valence-corrected chi connectivity index (χ4v) is 2.73. The van der Waals surface area contributed by atoms with E-state index in [0.717, 1.165) is 23.9 Å². The van der Waals surface area contributed by atoms with Gasteiger partial charge in [-0.15, -0.1) is 0 Å². The fourth-order valence-electron chi connectivity index (χ4n) is 2.28. The van der Waals surface area contributed by atoms with Crippen molar-refractivity contribution in [3.63, 3.8) is 0 Å². The highest BCUT2D eigenvalue weighted by Crippen LogP contribution is 2.28. The highest BCUT2D eigenvalue weighted by molar-refractivity contribution is 14.1. The first-order valence-corrected chi connectivity index (χ1v) is 7.60. The summed E-state index contributed by atoms with van der Waals surface area (Å²) in [7, 11) is 0. The van der Waals surface area contributed by atoms with Crippen molar-refractivity contribution in [3.8, 4) is 0 Å². The maximum Gasteiger partial charge on any atom is 0.201 e. The molecule has 1 unspecified atom stereocenters. The van der Waals surface area contributed by atoms with Gasteiger partial charge >= 0.3 is 0 Å². The summed E-state index contributed by atoms with van der Waals surface area (Å²) in [6.45, 7) is 6.50. The van der Waals surface area contributed by atoms with Crippen molar-refractivity contribution in [2.45, 2.75) is 39.7 Å². The molecule has 3 nitrogen and oxygen atoms in total. The molecule has 0 saturated carbocycles.